The zero-order chi connectivity index (χ0) is 28.8. The number of amides is 2. The number of sulfonamides is 1. The molecule has 0 fully saturated rings. The molecule has 1 heterocycles. The van der Waals surface area contributed by atoms with Crippen LogP contribution in [0.3, 0.4) is 0 Å². The number of nitrogens with zero attached hydrogens (tertiary/aromatic N) is 3. The number of urea groups is 1. The van der Waals surface area contributed by atoms with Crippen LogP contribution in [0.1, 0.15) is 13.3 Å². The third-order valence-electron chi connectivity index (χ3n) is 4.98. The molecule has 0 unspecified atom stereocenters. The van der Waals surface area contributed by atoms with Crippen LogP contribution >= 0.6 is 11.6 Å². The van der Waals surface area contributed by atoms with E-state index in [1.54, 1.807) is 13.0 Å². The van der Waals surface area contributed by atoms with Gasteiger partial charge in [0, 0.05) is 37.2 Å². The van der Waals surface area contributed by atoms with Crippen LogP contribution in [0.4, 0.5) is 39.8 Å². The molecular formula is C24H23ClF4N6O3S. The quantitative estimate of drug-likeness (QED) is 0.280. The molecule has 2 amide bonds. The Morgan fingerprint density at radius 2 is 1.92 bits per heavy atom. The maximum absolute atomic E-state index is 13.5. The summed E-state index contributed by atoms with van der Waals surface area (Å²) in [7, 11) is -2.79. The van der Waals surface area contributed by atoms with E-state index in [0.29, 0.717) is 11.3 Å². The van der Waals surface area contributed by atoms with Gasteiger partial charge in [-0.05, 0) is 42.8 Å². The maximum atomic E-state index is 13.5. The van der Waals surface area contributed by atoms with Crippen molar-refractivity contribution in [1.82, 2.24) is 20.0 Å². The average molecular weight is 587 g/mol. The van der Waals surface area contributed by atoms with Crippen LogP contribution in [0.5, 0.6) is 0 Å². The number of benzene rings is 2. The molecule has 3 rings (SSSR count). The molecule has 0 saturated carbocycles. The molecule has 0 atom stereocenters. The van der Waals surface area contributed by atoms with Gasteiger partial charge in [-0.15, -0.1) is 0 Å². The van der Waals surface area contributed by atoms with Crippen LogP contribution in [-0.2, 0) is 10.0 Å². The number of nitrogens with one attached hydrogen (secondary N) is 3. The molecule has 3 aromatic rings. The van der Waals surface area contributed by atoms with Crippen molar-refractivity contribution in [2.75, 3.05) is 23.8 Å². The first-order valence-electron chi connectivity index (χ1n) is 11.3. The smallest absolute Gasteiger partial charge is 0.338 e. The Labute approximate surface area is 227 Å². The summed E-state index contributed by atoms with van der Waals surface area (Å²) in [5, 5.41) is 5.02. The Bertz CT molecular complexity index is 1480. The van der Waals surface area contributed by atoms with Crippen LogP contribution in [-0.4, -0.2) is 44.2 Å². The Morgan fingerprint density at radius 3 is 2.59 bits per heavy atom. The number of aromatic nitrogens is 2. The molecule has 1 aromatic heterocycles. The van der Waals surface area contributed by atoms with Gasteiger partial charge in [-0.1, -0.05) is 29.8 Å². The Kier molecular flexibility index (Phi) is 9.35. The minimum Gasteiger partial charge on any atom is -0.338 e. The molecular weight excluding hydrogens is 564 g/mol. The van der Waals surface area contributed by atoms with E-state index in [1.807, 2.05) is 4.72 Å². The molecule has 0 radical (unpaired) electrons. The van der Waals surface area contributed by atoms with Gasteiger partial charge in [0.05, 0.1) is 16.3 Å². The normalized spacial score (nSPS) is 11.9. The largest absolute Gasteiger partial charge is 0.392 e. The predicted molar refractivity (Wildman–Crippen MR) is 140 cm³/mol. The zero-order valence-corrected chi connectivity index (χ0v) is 22.1. The van der Waals surface area contributed by atoms with E-state index in [9.17, 15) is 30.8 Å². The lowest BCUT2D eigenvalue weighted by Crippen LogP contribution is -2.39. The van der Waals surface area contributed by atoms with Crippen molar-refractivity contribution in [2.24, 2.45) is 0 Å². The fourth-order valence-electron chi connectivity index (χ4n) is 3.23. The van der Waals surface area contributed by atoms with Crippen LogP contribution in [0.25, 0.3) is 11.1 Å². The molecule has 208 valence electrons. The summed E-state index contributed by atoms with van der Waals surface area (Å²) in [6.45, 7) is 1.83. The lowest BCUT2D eigenvalue weighted by atomic mass is 10.1. The van der Waals surface area contributed by atoms with Gasteiger partial charge in [0.15, 0.2) is 0 Å². The van der Waals surface area contributed by atoms with Crippen LogP contribution in [0.2, 0.25) is 5.02 Å². The van der Waals surface area contributed by atoms with Gasteiger partial charge in [-0.2, -0.15) is 18.2 Å². The lowest BCUT2D eigenvalue weighted by molar-refractivity contribution is -0.125. The number of anilines is 3. The summed E-state index contributed by atoms with van der Waals surface area (Å²) in [6.07, 6.45) is -2.20. The van der Waals surface area contributed by atoms with Crippen molar-refractivity contribution >= 4 is 45.1 Å². The van der Waals surface area contributed by atoms with E-state index in [2.05, 4.69) is 20.6 Å². The number of carbonyl (C=O) groups is 1. The SMILES string of the molecule is CCNC(=O)NS(=O)(=O)c1cccc(-c2cnc(Nc3ccc(F)c(Cl)c3)nc2N(C)/C=C\CC(F)(F)F)c1. The number of allylic oxidation sites excluding steroid dienone is 1. The van der Waals surface area contributed by atoms with Gasteiger partial charge < -0.3 is 15.5 Å². The van der Waals surface area contributed by atoms with E-state index in [0.717, 1.165) is 18.3 Å². The Balaban J connectivity index is 2.03. The minimum absolute atomic E-state index is 0.00850. The summed E-state index contributed by atoms with van der Waals surface area (Å²) in [5.74, 6) is -0.509. The lowest BCUT2D eigenvalue weighted by Gasteiger charge is -2.19. The monoisotopic (exact) mass is 586 g/mol. The Morgan fingerprint density at radius 1 is 1.18 bits per heavy atom. The standard InChI is InChI=1S/C24H23ClF4N6O3S/c1-3-30-23(36)34-39(37,38)17-7-4-6-15(12-17)18-14-31-22(32-16-8-9-20(26)19(25)13-16)33-21(18)35(2)11-5-10-24(27,28)29/h4-9,11-14H,3,10H2,1-2H3,(H2,30,34,36)(H,31,32,33)/b11-5-. The molecule has 9 nitrogen and oxygen atoms in total. The van der Waals surface area contributed by atoms with Crippen molar-refractivity contribution in [3.8, 4) is 11.1 Å². The van der Waals surface area contributed by atoms with Gasteiger partial charge in [0.2, 0.25) is 5.95 Å². The summed E-state index contributed by atoms with van der Waals surface area (Å²) < 4.78 is 78.8. The maximum Gasteiger partial charge on any atom is 0.392 e. The molecule has 2 aromatic carbocycles. The average Bonchev–Trinajstić information content (AvgIpc) is 2.85. The first-order valence-corrected chi connectivity index (χ1v) is 13.1. The summed E-state index contributed by atoms with van der Waals surface area (Å²) in [6, 6.07) is 8.43. The topological polar surface area (TPSA) is 116 Å². The van der Waals surface area contributed by atoms with Crippen LogP contribution in [0, 0.1) is 5.82 Å². The van der Waals surface area contributed by atoms with E-state index in [-0.39, 0.29) is 33.8 Å². The van der Waals surface area contributed by atoms with Gasteiger partial charge in [0.25, 0.3) is 10.0 Å². The van der Waals surface area contributed by atoms with Gasteiger partial charge >= 0.3 is 12.2 Å². The molecule has 39 heavy (non-hydrogen) atoms. The number of alkyl halides is 3. The first-order chi connectivity index (χ1) is 18.3. The number of hydrogen-bond acceptors (Lipinski definition) is 7. The van der Waals surface area contributed by atoms with Gasteiger partial charge in [0.1, 0.15) is 11.6 Å². The van der Waals surface area contributed by atoms with Gasteiger partial charge in [-0.25, -0.2) is 27.3 Å². The van der Waals surface area contributed by atoms with Crippen molar-refractivity contribution in [2.45, 2.75) is 24.4 Å². The number of carbonyl (C=O) groups excluding carboxylic acids is 1. The second-order valence-corrected chi connectivity index (χ2v) is 10.1. The summed E-state index contributed by atoms with van der Waals surface area (Å²) in [4.78, 5) is 21.4. The highest BCUT2D eigenvalue weighted by atomic mass is 35.5. The first kappa shape index (κ1) is 29.6. The molecule has 0 aliphatic rings. The molecule has 15 heteroatoms. The van der Waals surface area contributed by atoms with Crippen molar-refractivity contribution in [1.29, 1.82) is 0 Å². The molecule has 0 aliphatic carbocycles. The number of hydrogen-bond donors (Lipinski definition) is 3. The van der Waals surface area contributed by atoms with E-state index in [4.69, 9.17) is 11.6 Å². The van der Waals surface area contributed by atoms with Crippen molar-refractivity contribution < 1.29 is 30.8 Å². The van der Waals surface area contributed by atoms with Gasteiger partial charge in [-0.3, -0.25) is 0 Å². The highest BCUT2D eigenvalue weighted by Gasteiger charge is 2.25. The second-order valence-electron chi connectivity index (χ2n) is 7.99. The van der Waals surface area contributed by atoms with E-state index < -0.39 is 34.5 Å². The van der Waals surface area contributed by atoms with E-state index >= 15 is 0 Å². The molecule has 0 aliphatic heterocycles. The van der Waals surface area contributed by atoms with E-state index in [1.165, 1.54) is 48.5 Å². The highest BCUT2D eigenvalue weighted by Crippen LogP contribution is 2.32. The fourth-order valence-corrected chi connectivity index (χ4v) is 4.39. The molecule has 0 saturated heterocycles. The molecule has 0 bridgehead atoms. The van der Waals surface area contributed by atoms with Crippen LogP contribution < -0.4 is 20.3 Å². The second kappa shape index (κ2) is 12.3. The van der Waals surface area contributed by atoms with Crippen molar-refractivity contribution in [3.05, 3.63) is 71.8 Å². The van der Waals surface area contributed by atoms with Crippen LogP contribution in [0.15, 0.2) is 65.8 Å². The third kappa shape index (κ3) is 8.29. The number of halogens is 5. The predicted octanol–water partition coefficient (Wildman–Crippen LogP) is 5.59. The zero-order valence-electron chi connectivity index (χ0n) is 20.6. The Hall–Kier alpha value is -3.91. The van der Waals surface area contributed by atoms with Crippen molar-refractivity contribution in [3.63, 3.8) is 0 Å². The molecule has 3 N–H and O–H groups in total. The molecule has 0 spiro atoms. The highest BCUT2D eigenvalue weighted by molar-refractivity contribution is 7.90. The summed E-state index contributed by atoms with van der Waals surface area (Å²) >= 11 is 5.82. The third-order valence-corrected chi connectivity index (χ3v) is 6.59. The minimum atomic E-state index is -4.42. The number of rotatable bonds is 9. The fraction of sp³-hybridized carbons (Fsp3) is 0.208. The summed E-state index contributed by atoms with van der Waals surface area (Å²) in [5.41, 5.74) is 0.919.